The maximum absolute atomic E-state index is 11.2. The van der Waals surface area contributed by atoms with Crippen LogP contribution in [0.15, 0.2) is 17.0 Å². The summed E-state index contributed by atoms with van der Waals surface area (Å²) in [5, 5.41) is 5.07. The van der Waals surface area contributed by atoms with Crippen LogP contribution in [0.25, 0.3) is 0 Å². The first-order valence-corrected chi connectivity index (χ1v) is 7.78. The van der Waals surface area contributed by atoms with Crippen molar-refractivity contribution >= 4 is 77.8 Å². The second kappa shape index (κ2) is 4.45. The van der Waals surface area contributed by atoms with Gasteiger partial charge in [0.05, 0.1) is 0 Å². The molecule has 0 aromatic heterocycles. The lowest BCUT2D eigenvalue weighted by Gasteiger charge is -2.05. The summed E-state index contributed by atoms with van der Waals surface area (Å²) in [6.07, 6.45) is 0. The van der Waals surface area contributed by atoms with Crippen molar-refractivity contribution in [1.29, 1.82) is 0 Å². The fraction of sp³-hybridized carbons (Fsp3) is 0. The number of nitrogens with two attached hydrogens (primary N) is 1. The molecule has 1 rings (SSSR count). The fourth-order valence-corrected chi connectivity index (χ4v) is 6.89. The van der Waals surface area contributed by atoms with E-state index in [0.717, 1.165) is 3.57 Å². The van der Waals surface area contributed by atoms with Gasteiger partial charge in [-0.25, -0.2) is 13.6 Å². The summed E-state index contributed by atoms with van der Waals surface area (Å²) >= 11 is 6.07. The van der Waals surface area contributed by atoms with Gasteiger partial charge in [0.1, 0.15) is 4.90 Å². The van der Waals surface area contributed by atoms with Crippen LogP contribution in [-0.2, 0) is 10.0 Å². The largest absolute Gasteiger partial charge is 0.240 e. The van der Waals surface area contributed by atoms with Crippen LogP contribution in [0.3, 0.4) is 0 Å². The number of rotatable bonds is 1. The summed E-state index contributed by atoms with van der Waals surface area (Å²) < 4.78 is 24.6. The van der Waals surface area contributed by atoms with Crippen LogP contribution >= 0.6 is 67.8 Å². The molecule has 0 aliphatic rings. The summed E-state index contributed by atoms with van der Waals surface area (Å²) in [5.74, 6) is 0. The van der Waals surface area contributed by atoms with Crippen molar-refractivity contribution in [3.05, 3.63) is 22.8 Å². The number of hydrogen-bond donors (Lipinski definition) is 1. The molecule has 0 saturated heterocycles. The Bertz CT molecular complexity index is 420. The zero-order chi connectivity index (χ0) is 10.2. The van der Waals surface area contributed by atoms with E-state index in [1.165, 1.54) is 0 Å². The Kier molecular flexibility index (Phi) is 4.24. The van der Waals surface area contributed by atoms with E-state index in [-0.39, 0.29) is 4.90 Å². The van der Waals surface area contributed by atoms with Gasteiger partial charge in [-0.2, -0.15) is 0 Å². The van der Waals surface area contributed by atoms with E-state index < -0.39 is 10.0 Å². The molecule has 0 amide bonds. The number of sulfonamides is 1. The highest BCUT2D eigenvalue weighted by Crippen LogP contribution is 2.25. The molecule has 0 unspecified atom stereocenters. The van der Waals surface area contributed by atoms with Gasteiger partial charge in [0.25, 0.3) is 0 Å². The Balaban J connectivity index is 3.57. The summed E-state index contributed by atoms with van der Waals surface area (Å²) in [7, 11) is -3.60. The minimum absolute atomic E-state index is 0.217. The van der Waals surface area contributed by atoms with Crippen molar-refractivity contribution in [2.45, 2.75) is 4.90 Å². The van der Waals surface area contributed by atoms with Crippen LogP contribution in [0.5, 0.6) is 0 Å². The first-order valence-electron chi connectivity index (χ1n) is 2.99. The van der Waals surface area contributed by atoms with Crippen LogP contribution in [0.2, 0.25) is 0 Å². The smallest absolute Gasteiger partial charge is 0.225 e. The molecular formula is C6H4I3NO2S. The molecule has 0 saturated carbocycles. The number of primary sulfonamides is 1. The predicted octanol–water partition coefficient (Wildman–Crippen LogP) is 2.15. The van der Waals surface area contributed by atoms with Crippen LogP contribution in [-0.4, -0.2) is 8.42 Å². The van der Waals surface area contributed by atoms with Crippen molar-refractivity contribution in [1.82, 2.24) is 0 Å². The lowest BCUT2D eigenvalue weighted by atomic mass is 10.4. The molecule has 3 nitrogen and oxygen atoms in total. The maximum atomic E-state index is 11.2. The van der Waals surface area contributed by atoms with E-state index >= 15 is 0 Å². The Labute approximate surface area is 117 Å². The predicted molar refractivity (Wildman–Crippen MR) is 76.0 cm³/mol. The summed E-state index contributed by atoms with van der Waals surface area (Å²) in [5.41, 5.74) is 0. The first-order chi connectivity index (χ1) is 5.82. The van der Waals surface area contributed by atoms with Crippen LogP contribution in [0.4, 0.5) is 0 Å². The van der Waals surface area contributed by atoms with E-state index in [0.29, 0.717) is 7.14 Å². The molecule has 0 radical (unpaired) electrons. The summed E-state index contributed by atoms with van der Waals surface area (Å²) in [4.78, 5) is 0.217. The van der Waals surface area contributed by atoms with E-state index in [4.69, 9.17) is 5.14 Å². The van der Waals surface area contributed by atoms with Gasteiger partial charge in [0.2, 0.25) is 10.0 Å². The average molecular weight is 535 g/mol. The molecule has 13 heavy (non-hydrogen) atoms. The third-order valence-electron chi connectivity index (χ3n) is 1.25. The Morgan fingerprint density at radius 1 is 1.08 bits per heavy atom. The molecule has 0 fully saturated rings. The Morgan fingerprint density at radius 2 is 1.46 bits per heavy atom. The SMILES string of the molecule is NS(=O)(=O)c1c(I)cc(I)cc1I. The van der Waals surface area contributed by atoms with E-state index in [2.05, 4.69) is 22.6 Å². The van der Waals surface area contributed by atoms with Gasteiger partial charge in [-0.15, -0.1) is 0 Å². The molecule has 0 spiro atoms. The van der Waals surface area contributed by atoms with Gasteiger partial charge in [-0.05, 0) is 79.9 Å². The highest BCUT2D eigenvalue weighted by Gasteiger charge is 2.16. The average Bonchev–Trinajstić information content (AvgIpc) is 1.78. The van der Waals surface area contributed by atoms with Crippen molar-refractivity contribution < 1.29 is 8.42 Å². The molecule has 0 aliphatic heterocycles. The van der Waals surface area contributed by atoms with E-state index in [9.17, 15) is 8.42 Å². The zero-order valence-corrected chi connectivity index (χ0v) is 13.4. The summed E-state index contributed by atoms with van der Waals surface area (Å²) in [6, 6.07) is 3.56. The van der Waals surface area contributed by atoms with Crippen LogP contribution in [0.1, 0.15) is 0 Å². The molecule has 0 atom stereocenters. The van der Waals surface area contributed by atoms with Gasteiger partial charge in [0.15, 0.2) is 0 Å². The van der Waals surface area contributed by atoms with Gasteiger partial charge >= 0.3 is 0 Å². The Morgan fingerprint density at radius 3 is 1.77 bits per heavy atom. The molecule has 2 N–H and O–H groups in total. The van der Waals surface area contributed by atoms with Crippen molar-refractivity contribution in [3.8, 4) is 0 Å². The maximum Gasteiger partial charge on any atom is 0.240 e. The molecule has 1 aromatic rings. The molecule has 0 aliphatic carbocycles. The van der Waals surface area contributed by atoms with E-state index in [1.807, 2.05) is 45.2 Å². The van der Waals surface area contributed by atoms with Gasteiger partial charge in [0, 0.05) is 10.7 Å². The first kappa shape index (κ1) is 12.4. The van der Waals surface area contributed by atoms with Crippen molar-refractivity contribution in [3.63, 3.8) is 0 Å². The standard InChI is InChI=1S/C6H4I3NO2S/c7-3-1-4(8)6(5(9)2-3)13(10,11)12/h1-2H,(H2,10,11,12). The molecule has 7 heteroatoms. The Hall–Kier alpha value is 1.32. The van der Waals surface area contributed by atoms with Gasteiger partial charge in [-0.3, -0.25) is 0 Å². The summed E-state index contributed by atoms with van der Waals surface area (Å²) in [6.45, 7) is 0. The normalized spacial score (nSPS) is 11.7. The quantitative estimate of drug-likeness (QED) is 0.562. The fourth-order valence-electron chi connectivity index (χ4n) is 0.801. The molecular weight excluding hydrogens is 531 g/mol. The second-order valence-electron chi connectivity index (χ2n) is 2.24. The second-order valence-corrected chi connectivity index (χ2v) is 7.31. The number of halogens is 3. The minimum atomic E-state index is -3.60. The molecule has 0 heterocycles. The highest BCUT2D eigenvalue weighted by atomic mass is 127. The zero-order valence-electron chi connectivity index (χ0n) is 6.09. The third-order valence-corrected chi connectivity index (χ3v) is 5.31. The molecule has 72 valence electrons. The molecule has 1 aromatic carbocycles. The third kappa shape index (κ3) is 3.14. The van der Waals surface area contributed by atoms with Gasteiger partial charge in [-0.1, -0.05) is 0 Å². The van der Waals surface area contributed by atoms with Gasteiger partial charge < -0.3 is 0 Å². The minimum Gasteiger partial charge on any atom is -0.225 e. The topological polar surface area (TPSA) is 60.2 Å². The van der Waals surface area contributed by atoms with Crippen LogP contribution < -0.4 is 5.14 Å². The lowest BCUT2D eigenvalue weighted by molar-refractivity contribution is 0.596. The van der Waals surface area contributed by atoms with E-state index in [1.54, 1.807) is 12.1 Å². The van der Waals surface area contributed by atoms with Crippen LogP contribution in [0, 0.1) is 10.7 Å². The monoisotopic (exact) mass is 535 g/mol. The van der Waals surface area contributed by atoms with Crippen molar-refractivity contribution in [2.75, 3.05) is 0 Å². The lowest BCUT2D eigenvalue weighted by Crippen LogP contribution is -2.15. The van der Waals surface area contributed by atoms with Crippen molar-refractivity contribution in [2.24, 2.45) is 5.14 Å². The number of hydrogen-bond acceptors (Lipinski definition) is 2. The molecule has 0 bridgehead atoms. The number of benzene rings is 1. The highest BCUT2D eigenvalue weighted by molar-refractivity contribution is 14.1.